The predicted octanol–water partition coefficient (Wildman–Crippen LogP) is -0.372. The van der Waals surface area contributed by atoms with E-state index in [0.717, 1.165) is 0 Å². The summed E-state index contributed by atoms with van der Waals surface area (Å²) in [6, 6.07) is 0. The van der Waals surface area contributed by atoms with E-state index < -0.39 is 21.3 Å². The van der Waals surface area contributed by atoms with Gasteiger partial charge in [0, 0.05) is 12.1 Å². The fourth-order valence-electron chi connectivity index (χ4n) is 1.62. The molecule has 0 aromatic carbocycles. The Labute approximate surface area is 83.4 Å². The van der Waals surface area contributed by atoms with Crippen LogP contribution < -0.4 is 5.32 Å². The van der Waals surface area contributed by atoms with Crippen molar-refractivity contribution < 1.29 is 18.3 Å². The molecule has 1 rings (SSSR count). The summed E-state index contributed by atoms with van der Waals surface area (Å²) in [7, 11) is -2.91. The smallest absolute Gasteiger partial charge is 0.304 e. The maximum absolute atomic E-state index is 11.2. The van der Waals surface area contributed by atoms with Crippen LogP contribution in [0.25, 0.3) is 0 Å². The Morgan fingerprint density at radius 1 is 1.57 bits per heavy atom. The van der Waals surface area contributed by atoms with E-state index >= 15 is 0 Å². The Hall–Kier alpha value is -0.620. The Balaban J connectivity index is 2.41. The van der Waals surface area contributed by atoms with E-state index in [0.29, 0.717) is 13.0 Å². The summed E-state index contributed by atoms with van der Waals surface area (Å²) >= 11 is 0. The first-order valence-corrected chi connectivity index (χ1v) is 6.32. The van der Waals surface area contributed by atoms with Crippen molar-refractivity contribution in [2.45, 2.75) is 25.3 Å². The average molecular weight is 221 g/mol. The van der Waals surface area contributed by atoms with E-state index in [2.05, 4.69) is 5.32 Å². The van der Waals surface area contributed by atoms with Crippen molar-refractivity contribution in [1.29, 1.82) is 0 Å². The second-order valence-electron chi connectivity index (χ2n) is 3.97. The normalized spacial score (nSPS) is 30.4. The highest BCUT2D eigenvalue weighted by Gasteiger charge is 2.37. The quantitative estimate of drug-likeness (QED) is 0.676. The monoisotopic (exact) mass is 221 g/mol. The molecule has 14 heavy (non-hydrogen) atoms. The molecule has 0 radical (unpaired) electrons. The maximum atomic E-state index is 11.2. The summed E-state index contributed by atoms with van der Waals surface area (Å²) in [5.74, 6) is -0.564. The third-order valence-electron chi connectivity index (χ3n) is 2.39. The Bertz CT molecular complexity index is 324. The van der Waals surface area contributed by atoms with Gasteiger partial charge in [-0.2, -0.15) is 0 Å². The van der Waals surface area contributed by atoms with E-state index in [4.69, 9.17) is 5.11 Å². The minimum Gasteiger partial charge on any atom is -0.481 e. The van der Waals surface area contributed by atoms with Gasteiger partial charge in [-0.1, -0.05) is 0 Å². The van der Waals surface area contributed by atoms with Crippen LogP contribution in [0.5, 0.6) is 0 Å². The summed E-state index contributed by atoms with van der Waals surface area (Å²) < 4.78 is 22.4. The van der Waals surface area contributed by atoms with Crippen LogP contribution >= 0.6 is 0 Å². The topological polar surface area (TPSA) is 83.5 Å². The van der Waals surface area contributed by atoms with Crippen LogP contribution in [-0.4, -0.2) is 43.1 Å². The molecule has 1 atom stereocenters. The fraction of sp³-hybridized carbons (Fsp3) is 0.875. The maximum Gasteiger partial charge on any atom is 0.304 e. The first-order valence-electron chi connectivity index (χ1n) is 4.50. The Kier molecular flexibility index (Phi) is 3.16. The van der Waals surface area contributed by atoms with Gasteiger partial charge in [0.2, 0.25) is 0 Å². The summed E-state index contributed by atoms with van der Waals surface area (Å²) in [5.41, 5.74) is -0.436. The number of hydrogen-bond acceptors (Lipinski definition) is 4. The summed E-state index contributed by atoms with van der Waals surface area (Å²) in [6.07, 6.45) is 0.588. The minimum atomic E-state index is -2.91. The van der Waals surface area contributed by atoms with Crippen LogP contribution in [0.4, 0.5) is 0 Å². The lowest BCUT2D eigenvalue weighted by Gasteiger charge is -2.23. The highest BCUT2D eigenvalue weighted by Crippen LogP contribution is 2.22. The zero-order valence-electron chi connectivity index (χ0n) is 8.12. The van der Waals surface area contributed by atoms with Crippen molar-refractivity contribution in [2.24, 2.45) is 0 Å². The highest BCUT2D eigenvalue weighted by atomic mass is 32.2. The number of nitrogens with one attached hydrogen (secondary N) is 1. The Morgan fingerprint density at radius 2 is 2.21 bits per heavy atom. The van der Waals surface area contributed by atoms with Crippen molar-refractivity contribution in [3.8, 4) is 0 Å². The van der Waals surface area contributed by atoms with Gasteiger partial charge in [0.1, 0.15) is 0 Å². The molecule has 0 amide bonds. The van der Waals surface area contributed by atoms with Crippen molar-refractivity contribution in [2.75, 3.05) is 18.1 Å². The number of hydrogen-bond donors (Lipinski definition) is 2. The molecule has 0 bridgehead atoms. The van der Waals surface area contributed by atoms with Crippen LogP contribution in [-0.2, 0) is 14.6 Å². The van der Waals surface area contributed by atoms with Gasteiger partial charge in [-0.05, 0) is 13.3 Å². The molecule has 1 aliphatic rings. The predicted molar refractivity (Wildman–Crippen MR) is 51.9 cm³/mol. The number of carboxylic acid groups (broad SMARTS) is 1. The largest absolute Gasteiger partial charge is 0.481 e. The molecule has 1 heterocycles. The second-order valence-corrected chi connectivity index (χ2v) is 6.16. The lowest BCUT2D eigenvalue weighted by molar-refractivity contribution is -0.136. The molecule has 0 saturated carbocycles. The van der Waals surface area contributed by atoms with Crippen molar-refractivity contribution in [3.63, 3.8) is 0 Å². The molecule has 1 aliphatic heterocycles. The van der Waals surface area contributed by atoms with Gasteiger partial charge in [-0.25, -0.2) is 8.42 Å². The number of carboxylic acids is 1. The zero-order chi connectivity index (χ0) is 10.8. The third-order valence-corrected chi connectivity index (χ3v) is 4.30. The van der Waals surface area contributed by atoms with E-state index in [1.165, 1.54) is 0 Å². The van der Waals surface area contributed by atoms with Gasteiger partial charge in [0.15, 0.2) is 9.84 Å². The third kappa shape index (κ3) is 3.26. The SMILES string of the molecule is C[C@]1(NCCC(=O)O)CCS(=O)(=O)C1. The van der Waals surface area contributed by atoms with Gasteiger partial charge in [0.05, 0.1) is 17.9 Å². The number of aliphatic carboxylic acids is 1. The van der Waals surface area contributed by atoms with Crippen LogP contribution in [0.15, 0.2) is 0 Å². The van der Waals surface area contributed by atoms with Crippen molar-refractivity contribution in [1.82, 2.24) is 5.32 Å². The van der Waals surface area contributed by atoms with E-state index in [9.17, 15) is 13.2 Å². The summed E-state index contributed by atoms with van der Waals surface area (Å²) in [4.78, 5) is 10.2. The lowest BCUT2D eigenvalue weighted by atomic mass is 10.0. The molecular formula is C8H15NO4S. The average Bonchev–Trinajstić information content (AvgIpc) is 2.25. The molecule has 0 aliphatic carbocycles. The fourth-order valence-corrected chi connectivity index (χ4v) is 3.74. The summed E-state index contributed by atoms with van der Waals surface area (Å²) in [5, 5.41) is 11.4. The van der Waals surface area contributed by atoms with Crippen molar-refractivity contribution in [3.05, 3.63) is 0 Å². The molecular weight excluding hydrogens is 206 g/mol. The highest BCUT2D eigenvalue weighted by molar-refractivity contribution is 7.91. The lowest BCUT2D eigenvalue weighted by Crippen LogP contribution is -2.44. The first-order chi connectivity index (χ1) is 6.33. The van der Waals surface area contributed by atoms with Gasteiger partial charge in [0.25, 0.3) is 0 Å². The van der Waals surface area contributed by atoms with Gasteiger partial charge >= 0.3 is 5.97 Å². The molecule has 0 unspecified atom stereocenters. The molecule has 6 heteroatoms. The summed E-state index contributed by atoms with van der Waals surface area (Å²) in [6.45, 7) is 2.14. The van der Waals surface area contributed by atoms with E-state index in [1.807, 2.05) is 6.92 Å². The van der Waals surface area contributed by atoms with Gasteiger partial charge < -0.3 is 10.4 Å². The second kappa shape index (κ2) is 3.86. The van der Waals surface area contributed by atoms with Crippen LogP contribution in [0.3, 0.4) is 0 Å². The molecule has 0 aromatic heterocycles. The standard InChI is InChI=1S/C8H15NO4S/c1-8(9-4-2-7(10)11)3-5-14(12,13)6-8/h9H,2-6H2,1H3,(H,10,11)/t8-/m0/s1. The number of rotatable bonds is 4. The molecule has 1 saturated heterocycles. The van der Waals surface area contributed by atoms with Crippen LogP contribution in [0, 0.1) is 0 Å². The van der Waals surface area contributed by atoms with Crippen LogP contribution in [0.2, 0.25) is 0 Å². The van der Waals surface area contributed by atoms with Gasteiger partial charge in [-0.3, -0.25) is 4.79 Å². The Morgan fingerprint density at radius 3 is 2.64 bits per heavy atom. The first kappa shape index (κ1) is 11.5. The molecule has 82 valence electrons. The molecule has 0 aromatic rings. The van der Waals surface area contributed by atoms with Gasteiger partial charge in [-0.15, -0.1) is 0 Å². The molecule has 1 fully saturated rings. The minimum absolute atomic E-state index is 0.0235. The number of sulfone groups is 1. The molecule has 0 spiro atoms. The van der Waals surface area contributed by atoms with Crippen molar-refractivity contribution >= 4 is 15.8 Å². The molecule has 5 nitrogen and oxygen atoms in total. The van der Waals surface area contributed by atoms with E-state index in [-0.39, 0.29) is 17.9 Å². The zero-order valence-corrected chi connectivity index (χ0v) is 8.93. The number of carbonyl (C=O) groups is 1. The van der Waals surface area contributed by atoms with Crippen LogP contribution in [0.1, 0.15) is 19.8 Å². The van der Waals surface area contributed by atoms with E-state index in [1.54, 1.807) is 0 Å². The molecule has 2 N–H and O–H groups in total.